The van der Waals surface area contributed by atoms with Gasteiger partial charge in [-0.1, -0.05) is 48.6 Å². The average molecular weight is 198 g/mol. The Hall–Kier alpha value is -1.63. The first-order valence-electron chi connectivity index (χ1n) is 5.34. The predicted molar refractivity (Wildman–Crippen MR) is 61.8 cm³/mol. The van der Waals surface area contributed by atoms with Gasteiger partial charge in [0, 0.05) is 11.1 Å². The van der Waals surface area contributed by atoms with Crippen LogP contribution in [0.25, 0.3) is 0 Å². The van der Waals surface area contributed by atoms with Crippen molar-refractivity contribution in [1.82, 2.24) is 0 Å². The Morgan fingerprint density at radius 1 is 1.07 bits per heavy atom. The quantitative estimate of drug-likeness (QED) is 0.664. The third-order valence-electron chi connectivity index (χ3n) is 2.53. The molecule has 0 N–H and O–H groups in total. The van der Waals surface area contributed by atoms with Crippen LogP contribution >= 0.6 is 0 Å². The van der Waals surface area contributed by atoms with Gasteiger partial charge in [0.25, 0.3) is 0 Å². The molecule has 2 rings (SSSR count). The summed E-state index contributed by atoms with van der Waals surface area (Å²) in [4.78, 5) is 12.0. The molecule has 0 bridgehead atoms. The third-order valence-corrected chi connectivity index (χ3v) is 2.53. The minimum Gasteiger partial charge on any atom is -0.289 e. The van der Waals surface area contributed by atoms with E-state index >= 15 is 0 Å². The highest BCUT2D eigenvalue weighted by molar-refractivity contribution is 6.10. The zero-order valence-electron chi connectivity index (χ0n) is 8.65. The number of hydrogen-bond donors (Lipinski definition) is 0. The molecule has 0 saturated carbocycles. The van der Waals surface area contributed by atoms with Crippen molar-refractivity contribution in [3.05, 3.63) is 59.7 Å². The van der Waals surface area contributed by atoms with Crippen LogP contribution in [0.15, 0.2) is 54.1 Å². The van der Waals surface area contributed by atoms with E-state index in [0.717, 1.165) is 30.4 Å². The molecule has 0 saturated heterocycles. The molecule has 1 aliphatic carbocycles. The van der Waals surface area contributed by atoms with Crippen LogP contribution in [0, 0.1) is 0 Å². The number of Topliss-reactive ketones (excluding diaryl/α,β-unsaturated/α-hetero) is 1. The van der Waals surface area contributed by atoms with E-state index in [1.54, 1.807) is 0 Å². The molecule has 1 heteroatoms. The summed E-state index contributed by atoms with van der Waals surface area (Å²) < 4.78 is 0. The monoisotopic (exact) mass is 198 g/mol. The van der Waals surface area contributed by atoms with Crippen LogP contribution in [0.1, 0.15) is 29.6 Å². The van der Waals surface area contributed by atoms with E-state index in [2.05, 4.69) is 6.08 Å². The van der Waals surface area contributed by atoms with E-state index in [0.29, 0.717) is 0 Å². The number of hydrogen-bond acceptors (Lipinski definition) is 1. The molecule has 1 aromatic rings. The van der Waals surface area contributed by atoms with E-state index in [-0.39, 0.29) is 5.78 Å². The molecule has 0 atom stereocenters. The summed E-state index contributed by atoms with van der Waals surface area (Å²) in [5, 5.41) is 0. The predicted octanol–water partition coefficient (Wildman–Crippen LogP) is 3.54. The first-order chi connectivity index (χ1) is 7.38. The lowest BCUT2D eigenvalue weighted by atomic mass is 10.0. The maximum atomic E-state index is 12.0. The second-order valence-corrected chi connectivity index (χ2v) is 3.69. The van der Waals surface area contributed by atoms with Crippen LogP contribution in [0.3, 0.4) is 0 Å². The number of allylic oxidation sites excluding steroid dienone is 4. The maximum Gasteiger partial charge on any atom is 0.192 e. The van der Waals surface area contributed by atoms with Gasteiger partial charge in [0.15, 0.2) is 5.78 Å². The molecular formula is C14H14O. The summed E-state index contributed by atoms with van der Waals surface area (Å²) in [6, 6.07) is 9.44. The van der Waals surface area contributed by atoms with E-state index in [1.807, 2.05) is 42.5 Å². The largest absolute Gasteiger partial charge is 0.289 e. The number of carbonyl (C=O) groups is 1. The number of ketones is 1. The summed E-state index contributed by atoms with van der Waals surface area (Å²) in [5.74, 6) is 0.133. The molecule has 0 amide bonds. The van der Waals surface area contributed by atoms with Gasteiger partial charge in [-0.05, 0) is 19.3 Å². The van der Waals surface area contributed by atoms with Crippen LogP contribution in [-0.4, -0.2) is 5.78 Å². The van der Waals surface area contributed by atoms with Crippen molar-refractivity contribution in [3.63, 3.8) is 0 Å². The Morgan fingerprint density at radius 2 is 1.87 bits per heavy atom. The molecule has 1 nitrogen and oxygen atoms in total. The lowest BCUT2D eigenvalue weighted by Gasteiger charge is -2.00. The average Bonchev–Trinajstić information content (AvgIpc) is 2.58. The number of benzene rings is 1. The highest BCUT2D eigenvalue weighted by Crippen LogP contribution is 2.15. The minimum atomic E-state index is 0.133. The van der Waals surface area contributed by atoms with Crippen molar-refractivity contribution in [3.8, 4) is 0 Å². The molecule has 76 valence electrons. The molecule has 0 radical (unpaired) electrons. The molecule has 0 fully saturated rings. The SMILES string of the molecule is O=C(C1=CCCCC=C1)c1ccccc1. The van der Waals surface area contributed by atoms with E-state index in [9.17, 15) is 4.79 Å². The third kappa shape index (κ3) is 2.44. The van der Waals surface area contributed by atoms with Crippen LogP contribution in [0.5, 0.6) is 0 Å². The summed E-state index contributed by atoms with van der Waals surface area (Å²) in [6.45, 7) is 0. The van der Waals surface area contributed by atoms with Gasteiger partial charge in [0.1, 0.15) is 0 Å². The lowest BCUT2D eigenvalue weighted by Crippen LogP contribution is -2.00. The van der Waals surface area contributed by atoms with Crippen LogP contribution in [0.4, 0.5) is 0 Å². The molecule has 0 heterocycles. The van der Waals surface area contributed by atoms with E-state index < -0.39 is 0 Å². The Bertz CT molecular complexity index is 399. The molecule has 0 aliphatic heterocycles. The van der Waals surface area contributed by atoms with Gasteiger partial charge in [-0.3, -0.25) is 4.79 Å². The summed E-state index contributed by atoms with van der Waals surface area (Å²) in [6.07, 6.45) is 9.28. The Balaban J connectivity index is 2.24. The second kappa shape index (κ2) is 4.74. The number of carbonyl (C=O) groups excluding carboxylic acids is 1. The van der Waals surface area contributed by atoms with Crippen LogP contribution < -0.4 is 0 Å². The molecule has 0 spiro atoms. The molecule has 1 aromatic carbocycles. The summed E-state index contributed by atoms with van der Waals surface area (Å²) >= 11 is 0. The highest BCUT2D eigenvalue weighted by atomic mass is 16.1. The normalized spacial score (nSPS) is 15.6. The fraction of sp³-hybridized carbons (Fsp3) is 0.214. The Labute approximate surface area is 90.1 Å². The number of rotatable bonds is 2. The van der Waals surface area contributed by atoms with Gasteiger partial charge < -0.3 is 0 Å². The van der Waals surface area contributed by atoms with Gasteiger partial charge in [-0.25, -0.2) is 0 Å². The van der Waals surface area contributed by atoms with E-state index in [1.165, 1.54) is 0 Å². The van der Waals surface area contributed by atoms with Gasteiger partial charge in [0.2, 0.25) is 0 Å². The van der Waals surface area contributed by atoms with E-state index in [4.69, 9.17) is 0 Å². The zero-order chi connectivity index (χ0) is 10.5. The molecule has 15 heavy (non-hydrogen) atoms. The Morgan fingerprint density at radius 3 is 2.67 bits per heavy atom. The fourth-order valence-electron chi connectivity index (χ4n) is 1.70. The summed E-state index contributed by atoms with van der Waals surface area (Å²) in [5.41, 5.74) is 1.61. The van der Waals surface area contributed by atoms with Gasteiger partial charge in [0.05, 0.1) is 0 Å². The fourth-order valence-corrected chi connectivity index (χ4v) is 1.70. The molecule has 0 unspecified atom stereocenters. The standard InChI is InChI=1S/C14H14O/c15-14(13-10-6-3-7-11-13)12-8-4-1-2-5-9-12/h3-4,6-11H,1-2,5H2. The van der Waals surface area contributed by atoms with Crippen molar-refractivity contribution in [2.24, 2.45) is 0 Å². The first-order valence-corrected chi connectivity index (χ1v) is 5.34. The second-order valence-electron chi connectivity index (χ2n) is 3.69. The molecule has 1 aliphatic rings. The summed E-state index contributed by atoms with van der Waals surface area (Å²) in [7, 11) is 0. The van der Waals surface area contributed by atoms with Crippen molar-refractivity contribution in [1.29, 1.82) is 0 Å². The highest BCUT2D eigenvalue weighted by Gasteiger charge is 2.09. The smallest absolute Gasteiger partial charge is 0.192 e. The zero-order valence-corrected chi connectivity index (χ0v) is 8.65. The molecule has 0 aromatic heterocycles. The van der Waals surface area contributed by atoms with Gasteiger partial charge >= 0.3 is 0 Å². The lowest BCUT2D eigenvalue weighted by molar-refractivity contribution is 0.103. The van der Waals surface area contributed by atoms with Crippen LogP contribution in [-0.2, 0) is 0 Å². The van der Waals surface area contributed by atoms with Crippen molar-refractivity contribution >= 4 is 5.78 Å². The van der Waals surface area contributed by atoms with Crippen molar-refractivity contribution in [2.45, 2.75) is 19.3 Å². The maximum absolute atomic E-state index is 12.0. The molecular weight excluding hydrogens is 184 g/mol. The van der Waals surface area contributed by atoms with Gasteiger partial charge in [-0.15, -0.1) is 0 Å². The Kier molecular flexibility index (Phi) is 3.13. The minimum absolute atomic E-state index is 0.133. The van der Waals surface area contributed by atoms with Crippen LogP contribution in [0.2, 0.25) is 0 Å². The van der Waals surface area contributed by atoms with Crippen molar-refractivity contribution in [2.75, 3.05) is 0 Å². The topological polar surface area (TPSA) is 17.1 Å². The van der Waals surface area contributed by atoms with Crippen molar-refractivity contribution < 1.29 is 4.79 Å². The first kappa shape index (κ1) is 9.91. The van der Waals surface area contributed by atoms with Gasteiger partial charge in [-0.2, -0.15) is 0 Å².